The van der Waals surface area contributed by atoms with Gasteiger partial charge in [-0.25, -0.2) is 4.68 Å². The maximum Gasteiger partial charge on any atom is 0.199 e. The number of hydrogen-bond donors (Lipinski definition) is 1. The first-order valence-electron chi connectivity index (χ1n) is 8.34. The Bertz CT molecular complexity index is 735. The SMILES string of the molecule is OCc1nn(CN2CCc3ccccc3CC2)c(=S)n1C1CC1. The highest BCUT2D eigenvalue weighted by atomic mass is 32.1. The fourth-order valence-electron chi connectivity index (χ4n) is 3.41. The number of nitrogens with zero attached hydrogens (tertiary/aromatic N) is 4. The summed E-state index contributed by atoms with van der Waals surface area (Å²) in [4.78, 5) is 2.40. The molecule has 1 fully saturated rings. The highest BCUT2D eigenvalue weighted by molar-refractivity contribution is 7.71. The van der Waals surface area contributed by atoms with Crippen molar-refractivity contribution in [3.05, 3.63) is 46.0 Å². The third-order valence-corrected chi connectivity index (χ3v) is 5.25. The Morgan fingerprint density at radius 3 is 2.35 bits per heavy atom. The minimum atomic E-state index is -0.0431. The molecule has 0 bridgehead atoms. The van der Waals surface area contributed by atoms with Crippen molar-refractivity contribution in [3.63, 3.8) is 0 Å². The van der Waals surface area contributed by atoms with E-state index in [-0.39, 0.29) is 6.61 Å². The standard InChI is InChI=1S/C17H22N4OS/c22-11-16-18-20(17(23)21(16)15-5-6-15)12-19-9-7-13-3-1-2-4-14(13)8-10-19/h1-4,15,22H,5-12H2. The van der Waals surface area contributed by atoms with Crippen molar-refractivity contribution < 1.29 is 5.11 Å². The van der Waals surface area contributed by atoms with Crippen LogP contribution < -0.4 is 0 Å². The zero-order valence-corrected chi connectivity index (χ0v) is 14.0. The van der Waals surface area contributed by atoms with E-state index in [0.717, 1.165) is 43.5 Å². The number of aromatic nitrogens is 3. The molecule has 2 aromatic rings. The summed E-state index contributed by atoms with van der Waals surface area (Å²) in [7, 11) is 0. The molecular formula is C17H22N4OS. The summed E-state index contributed by atoms with van der Waals surface area (Å²) in [6.45, 7) is 2.70. The van der Waals surface area contributed by atoms with E-state index >= 15 is 0 Å². The molecule has 2 aliphatic rings. The molecule has 1 aromatic heterocycles. The molecule has 1 N–H and O–H groups in total. The van der Waals surface area contributed by atoms with E-state index in [9.17, 15) is 5.11 Å². The molecule has 0 unspecified atom stereocenters. The van der Waals surface area contributed by atoms with Crippen LogP contribution >= 0.6 is 12.2 Å². The Kier molecular flexibility index (Phi) is 4.05. The van der Waals surface area contributed by atoms with Gasteiger partial charge in [-0.2, -0.15) is 5.10 Å². The number of aliphatic hydroxyl groups is 1. The number of hydrogen-bond acceptors (Lipinski definition) is 4. The molecule has 6 heteroatoms. The van der Waals surface area contributed by atoms with Gasteiger partial charge in [0.1, 0.15) is 6.61 Å². The van der Waals surface area contributed by atoms with E-state index in [1.54, 1.807) is 0 Å². The zero-order chi connectivity index (χ0) is 15.8. The van der Waals surface area contributed by atoms with Crippen LogP contribution in [-0.4, -0.2) is 37.4 Å². The second-order valence-corrected chi connectivity index (χ2v) is 6.85. The third kappa shape index (κ3) is 2.98. The molecule has 0 atom stereocenters. The van der Waals surface area contributed by atoms with E-state index < -0.39 is 0 Å². The van der Waals surface area contributed by atoms with E-state index in [0.29, 0.717) is 18.5 Å². The minimum Gasteiger partial charge on any atom is -0.388 e. The largest absolute Gasteiger partial charge is 0.388 e. The quantitative estimate of drug-likeness (QED) is 0.874. The number of aliphatic hydroxyl groups excluding tert-OH is 1. The molecule has 0 amide bonds. The molecule has 1 saturated carbocycles. The van der Waals surface area contributed by atoms with Crippen LogP contribution in [0.3, 0.4) is 0 Å². The Labute approximate surface area is 141 Å². The summed E-state index contributed by atoms with van der Waals surface area (Å²) in [5, 5.41) is 14.1. The Morgan fingerprint density at radius 1 is 1.13 bits per heavy atom. The van der Waals surface area contributed by atoms with Gasteiger partial charge >= 0.3 is 0 Å². The molecule has 0 radical (unpaired) electrons. The van der Waals surface area contributed by atoms with Crippen molar-refractivity contribution in [2.45, 2.75) is 45.0 Å². The molecule has 1 aliphatic carbocycles. The minimum absolute atomic E-state index is 0.0431. The molecule has 23 heavy (non-hydrogen) atoms. The normalized spacial score (nSPS) is 18.7. The summed E-state index contributed by atoms with van der Waals surface area (Å²) in [6, 6.07) is 9.16. The number of benzene rings is 1. The van der Waals surface area contributed by atoms with Crippen LogP contribution in [0.1, 0.15) is 35.8 Å². The summed E-state index contributed by atoms with van der Waals surface area (Å²) < 4.78 is 4.68. The zero-order valence-electron chi connectivity index (χ0n) is 13.2. The van der Waals surface area contributed by atoms with Crippen molar-refractivity contribution in [1.29, 1.82) is 0 Å². The van der Waals surface area contributed by atoms with Gasteiger partial charge in [0.2, 0.25) is 0 Å². The second-order valence-electron chi connectivity index (χ2n) is 6.49. The lowest BCUT2D eigenvalue weighted by Crippen LogP contribution is -2.29. The van der Waals surface area contributed by atoms with Gasteiger partial charge in [-0.05, 0) is 49.0 Å². The second kappa shape index (κ2) is 6.19. The van der Waals surface area contributed by atoms with Crippen LogP contribution in [0.2, 0.25) is 0 Å². The highest BCUT2D eigenvalue weighted by Crippen LogP contribution is 2.36. The van der Waals surface area contributed by atoms with E-state index in [1.807, 2.05) is 9.25 Å². The first kappa shape index (κ1) is 15.1. The highest BCUT2D eigenvalue weighted by Gasteiger charge is 2.28. The summed E-state index contributed by atoms with van der Waals surface area (Å²) >= 11 is 5.59. The number of rotatable bonds is 4. The fourth-order valence-corrected chi connectivity index (χ4v) is 3.76. The van der Waals surface area contributed by atoms with Crippen LogP contribution in [0.4, 0.5) is 0 Å². The first-order valence-corrected chi connectivity index (χ1v) is 8.75. The van der Waals surface area contributed by atoms with E-state index in [1.165, 1.54) is 11.1 Å². The third-order valence-electron chi connectivity index (χ3n) is 4.84. The fraction of sp³-hybridized carbons (Fsp3) is 0.529. The summed E-state index contributed by atoms with van der Waals surface area (Å²) in [6.07, 6.45) is 4.43. The predicted octanol–water partition coefficient (Wildman–Crippen LogP) is 2.30. The van der Waals surface area contributed by atoms with Gasteiger partial charge in [-0.3, -0.25) is 9.47 Å². The maximum atomic E-state index is 9.55. The smallest absolute Gasteiger partial charge is 0.199 e. The Hall–Kier alpha value is -1.50. The van der Waals surface area contributed by atoms with Crippen LogP contribution in [0.5, 0.6) is 0 Å². The lowest BCUT2D eigenvalue weighted by atomic mass is 10.0. The molecular weight excluding hydrogens is 308 g/mol. The van der Waals surface area contributed by atoms with Crippen LogP contribution in [0.25, 0.3) is 0 Å². The van der Waals surface area contributed by atoms with Crippen molar-refractivity contribution in [3.8, 4) is 0 Å². The van der Waals surface area contributed by atoms with E-state index in [2.05, 4.69) is 34.3 Å². The van der Waals surface area contributed by atoms with Crippen LogP contribution in [-0.2, 0) is 26.1 Å². The van der Waals surface area contributed by atoms with Gasteiger partial charge in [0.25, 0.3) is 0 Å². The van der Waals surface area contributed by atoms with Gasteiger partial charge in [-0.1, -0.05) is 24.3 Å². The molecule has 122 valence electrons. The van der Waals surface area contributed by atoms with Crippen LogP contribution in [0, 0.1) is 4.77 Å². The van der Waals surface area contributed by atoms with Gasteiger partial charge in [0.15, 0.2) is 10.6 Å². The number of fused-ring (bicyclic) bond motifs is 1. The molecule has 1 aromatic carbocycles. The van der Waals surface area contributed by atoms with Crippen molar-refractivity contribution >= 4 is 12.2 Å². The average molecular weight is 330 g/mol. The van der Waals surface area contributed by atoms with Gasteiger partial charge < -0.3 is 5.11 Å². The van der Waals surface area contributed by atoms with Gasteiger partial charge in [0.05, 0.1) is 6.67 Å². The van der Waals surface area contributed by atoms with Gasteiger partial charge in [-0.15, -0.1) is 0 Å². The summed E-state index contributed by atoms with van der Waals surface area (Å²) in [5.74, 6) is 0.704. The van der Waals surface area contributed by atoms with Crippen molar-refractivity contribution in [1.82, 2.24) is 19.2 Å². The predicted molar refractivity (Wildman–Crippen MR) is 90.7 cm³/mol. The molecule has 5 nitrogen and oxygen atoms in total. The maximum absolute atomic E-state index is 9.55. The molecule has 0 saturated heterocycles. The topological polar surface area (TPSA) is 46.2 Å². The molecule has 1 aliphatic heterocycles. The lowest BCUT2D eigenvalue weighted by Gasteiger charge is -2.19. The first-order chi connectivity index (χ1) is 11.3. The van der Waals surface area contributed by atoms with E-state index in [4.69, 9.17) is 12.2 Å². The summed E-state index contributed by atoms with van der Waals surface area (Å²) in [5.41, 5.74) is 2.91. The van der Waals surface area contributed by atoms with Gasteiger partial charge in [0, 0.05) is 19.1 Å². The molecule has 0 spiro atoms. The molecule has 4 rings (SSSR count). The average Bonchev–Trinajstić information content (AvgIpc) is 3.37. The van der Waals surface area contributed by atoms with Crippen LogP contribution in [0.15, 0.2) is 24.3 Å². The monoisotopic (exact) mass is 330 g/mol. The van der Waals surface area contributed by atoms with Crippen molar-refractivity contribution in [2.75, 3.05) is 13.1 Å². The Balaban J connectivity index is 1.52. The Morgan fingerprint density at radius 2 is 1.78 bits per heavy atom. The lowest BCUT2D eigenvalue weighted by molar-refractivity contribution is 0.212. The van der Waals surface area contributed by atoms with Crippen molar-refractivity contribution in [2.24, 2.45) is 0 Å². The molecule has 2 heterocycles.